The predicted molar refractivity (Wildman–Crippen MR) is 122 cm³/mol. The van der Waals surface area contributed by atoms with Crippen molar-refractivity contribution in [1.29, 1.82) is 0 Å². The van der Waals surface area contributed by atoms with Crippen molar-refractivity contribution in [3.8, 4) is 5.75 Å². The maximum Gasteiger partial charge on any atom is 0.281 e. The number of amides is 1. The fourth-order valence-corrected chi connectivity index (χ4v) is 4.09. The Balaban J connectivity index is 1.48. The summed E-state index contributed by atoms with van der Waals surface area (Å²) in [7, 11) is 0. The first kappa shape index (κ1) is 21.6. The summed E-state index contributed by atoms with van der Waals surface area (Å²) < 4.78 is 24.5. The summed E-state index contributed by atoms with van der Waals surface area (Å²) in [5.41, 5.74) is 0.678. The maximum atomic E-state index is 13.2. The number of benzene rings is 2. The number of nitrogens with one attached hydrogen (secondary N) is 1. The zero-order chi connectivity index (χ0) is 22.1. The second kappa shape index (κ2) is 8.88. The monoisotopic (exact) mass is 496 g/mol. The van der Waals surface area contributed by atoms with E-state index in [2.05, 4.69) is 5.32 Å². The van der Waals surface area contributed by atoms with Crippen LogP contribution in [0.3, 0.4) is 0 Å². The van der Waals surface area contributed by atoms with Crippen molar-refractivity contribution >= 4 is 69.8 Å². The predicted octanol–water partition coefficient (Wildman–Crippen LogP) is 6.22. The van der Waals surface area contributed by atoms with E-state index < -0.39 is 5.82 Å². The quantitative estimate of drug-likeness (QED) is 0.335. The van der Waals surface area contributed by atoms with Crippen LogP contribution in [0, 0.1) is 5.82 Å². The molecule has 1 aromatic heterocycles. The lowest BCUT2D eigenvalue weighted by molar-refractivity contribution is -0.113. The molecule has 0 saturated carbocycles. The Hall–Kier alpha value is -2.58. The largest absolute Gasteiger partial charge is 0.483 e. The zero-order valence-electron chi connectivity index (χ0n) is 15.5. The molecule has 2 heterocycles. The van der Waals surface area contributed by atoms with E-state index in [0.717, 1.165) is 0 Å². The minimum Gasteiger partial charge on any atom is -0.483 e. The second-order valence-electron chi connectivity index (χ2n) is 6.40. The summed E-state index contributed by atoms with van der Waals surface area (Å²) in [6.07, 6.45) is 1.52. The van der Waals surface area contributed by atoms with Crippen molar-refractivity contribution in [2.24, 2.45) is 0 Å². The van der Waals surface area contributed by atoms with Crippen LogP contribution in [0.25, 0.3) is 6.08 Å². The highest BCUT2D eigenvalue weighted by molar-refractivity contribution is 7.80. The van der Waals surface area contributed by atoms with Crippen molar-refractivity contribution in [2.45, 2.75) is 6.61 Å². The number of anilines is 1. The molecule has 1 aliphatic heterocycles. The number of hydrogen-bond acceptors (Lipinski definition) is 4. The lowest BCUT2D eigenvalue weighted by atomic mass is 10.2. The molecular weight excluding hydrogens is 486 g/mol. The number of halogens is 4. The summed E-state index contributed by atoms with van der Waals surface area (Å²) in [5.74, 6) is 0.392. The number of furan rings is 1. The highest BCUT2D eigenvalue weighted by Crippen LogP contribution is 2.36. The first-order valence-corrected chi connectivity index (χ1v) is 10.3. The number of thiocarbonyl (C=S) groups is 1. The first-order chi connectivity index (χ1) is 14.8. The fourth-order valence-electron chi connectivity index (χ4n) is 2.86. The number of carbonyl (C=O) groups is 1. The van der Waals surface area contributed by atoms with E-state index >= 15 is 0 Å². The van der Waals surface area contributed by atoms with E-state index in [1.807, 2.05) is 0 Å². The van der Waals surface area contributed by atoms with E-state index in [-0.39, 0.29) is 39.1 Å². The summed E-state index contributed by atoms with van der Waals surface area (Å²) in [5, 5.41) is 3.98. The molecule has 5 nitrogen and oxygen atoms in total. The SMILES string of the molecule is O=C1/C(=C\c2ccc(COc3c(Cl)cc(Cl)cc3Cl)o2)NC(=S)N1c1ccc(F)cc1. The van der Waals surface area contributed by atoms with Crippen LogP contribution in [-0.4, -0.2) is 11.0 Å². The standard InChI is InChI=1S/C21H12Cl3FN2O3S/c22-11-7-16(23)19(17(24)8-11)29-10-15-6-5-14(30-15)9-18-20(28)27(21(31)26-18)13-3-1-12(25)2-4-13/h1-9H,10H2,(H,26,31)/b18-9+. The third kappa shape index (κ3) is 4.70. The van der Waals surface area contributed by atoms with Crippen LogP contribution < -0.4 is 15.0 Å². The van der Waals surface area contributed by atoms with Gasteiger partial charge in [-0.15, -0.1) is 0 Å². The molecular formula is C21H12Cl3FN2O3S. The zero-order valence-corrected chi connectivity index (χ0v) is 18.6. The van der Waals surface area contributed by atoms with Gasteiger partial charge < -0.3 is 14.5 Å². The Morgan fingerprint density at radius 3 is 2.45 bits per heavy atom. The number of hydrogen-bond donors (Lipinski definition) is 1. The maximum absolute atomic E-state index is 13.2. The number of nitrogens with zero attached hydrogens (tertiary/aromatic N) is 1. The highest BCUT2D eigenvalue weighted by Gasteiger charge is 2.32. The van der Waals surface area contributed by atoms with E-state index in [0.29, 0.717) is 22.2 Å². The average Bonchev–Trinajstić information content (AvgIpc) is 3.26. The summed E-state index contributed by atoms with van der Waals surface area (Å²) >= 11 is 23.3. The van der Waals surface area contributed by atoms with Crippen LogP contribution in [0.15, 0.2) is 58.6 Å². The molecule has 0 unspecified atom stereocenters. The third-order valence-corrected chi connectivity index (χ3v) is 5.32. The molecule has 0 atom stereocenters. The molecule has 2 aromatic carbocycles. The molecule has 0 spiro atoms. The number of carbonyl (C=O) groups excluding carboxylic acids is 1. The van der Waals surface area contributed by atoms with E-state index in [1.54, 1.807) is 12.1 Å². The molecule has 1 aliphatic rings. The minimum absolute atomic E-state index is 0.0612. The summed E-state index contributed by atoms with van der Waals surface area (Å²) in [6.45, 7) is 0.0612. The highest BCUT2D eigenvalue weighted by atomic mass is 35.5. The van der Waals surface area contributed by atoms with Crippen molar-refractivity contribution in [2.75, 3.05) is 4.90 Å². The van der Waals surface area contributed by atoms with Gasteiger partial charge in [-0.05, 0) is 60.7 Å². The molecule has 1 saturated heterocycles. The van der Waals surface area contributed by atoms with Gasteiger partial charge in [0.25, 0.3) is 5.91 Å². The molecule has 3 aromatic rings. The van der Waals surface area contributed by atoms with E-state index in [9.17, 15) is 9.18 Å². The first-order valence-electron chi connectivity index (χ1n) is 8.80. The topological polar surface area (TPSA) is 54.7 Å². The Morgan fingerprint density at radius 2 is 1.77 bits per heavy atom. The molecule has 158 valence electrons. The van der Waals surface area contributed by atoms with Crippen LogP contribution in [0.5, 0.6) is 5.75 Å². The van der Waals surface area contributed by atoms with Crippen LogP contribution in [-0.2, 0) is 11.4 Å². The Labute approximate surface area is 196 Å². The Bertz CT molecular complexity index is 1190. The van der Waals surface area contributed by atoms with Crippen LogP contribution in [0.2, 0.25) is 15.1 Å². The molecule has 31 heavy (non-hydrogen) atoms. The van der Waals surface area contributed by atoms with Crippen molar-refractivity contribution in [3.63, 3.8) is 0 Å². The molecule has 0 aliphatic carbocycles. The summed E-state index contributed by atoms with van der Waals surface area (Å²) in [4.78, 5) is 14.0. The van der Waals surface area contributed by atoms with E-state index in [4.69, 9.17) is 56.2 Å². The molecule has 0 radical (unpaired) electrons. The van der Waals surface area contributed by atoms with Gasteiger partial charge in [-0.25, -0.2) is 4.39 Å². The van der Waals surface area contributed by atoms with Crippen molar-refractivity contribution in [3.05, 3.63) is 86.6 Å². The third-order valence-electron chi connectivity index (χ3n) is 4.25. The molecule has 10 heteroatoms. The van der Waals surface area contributed by atoms with Gasteiger partial charge >= 0.3 is 0 Å². The van der Waals surface area contributed by atoms with Crippen LogP contribution >= 0.6 is 47.0 Å². The van der Waals surface area contributed by atoms with Crippen molar-refractivity contribution in [1.82, 2.24) is 5.32 Å². The van der Waals surface area contributed by atoms with Crippen molar-refractivity contribution < 1.29 is 18.3 Å². The van der Waals surface area contributed by atoms with Gasteiger partial charge in [0, 0.05) is 11.1 Å². The van der Waals surface area contributed by atoms with Gasteiger partial charge in [-0.1, -0.05) is 34.8 Å². The van der Waals surface area contributed by atoms with Gasteiger partial charge in [0.05, 0.1) is 15.7 Å². The van der Waals surface area contributed by atoms with Crippen LogP contribution in [0.4, 0.5) is 10.1 Å². The lowest BCUT2D eigenvalue weighted by Gasteiger charge is -2.13. The summed E-state index contributed by atoms with van der Waals surface area (Å²) in [6, 6.07) is 11.9. The van der Waals surface area contributed by atoms with Crippen LogP contribution in [0.1, 0.15) is 11.5 Å². The molecule has 1 amide bonds. The van der Waals surface area contributed by atoms with Gasteiger partial charge in [-0.3, -0.25) is 9.69 Å². The molecule has 4 rings (SSSR count). The van der Waals surface area contributed by atoms with Gasteiger partial charge in [0.15, 0.2) is 10.9 Å². The lowest BCUT2D eigenvalue weighted by Crippen LogP contribution is -2.30. The van der Waals surface area contributed by atoms with Gasteiger partial charge in [0.2, 0.25) is 0 Å². The van der Waals surface area contributed by atoms with E-state index in [1.165, 1.54) is 47.4 Å². The number of rotatable bonds is 5. The normalized spacial score (nSPS) is 15.0. The van der Waals surface area contributed by atoms with Gasteiger partial charge in [-0.2, -0.15) is 0 Å². The molecule has 0 bridgehead atoms. The second-order valence-corrected chi connectivity index (χ2v) is 8.03. The fraction of sp³-hybridized carbons (Fsp3) is 0.0476. The average molecular weight is 498 g/mol. The van der Waals surface area contributed by atoms with Gasteiger partial charge in [0.1, 0.15) is 29.6 Å². The molecule has 1 N–H and O–H groups in total. The minimum atomic E-state index is -0.406. The Morgan fingerprint density at radius 1 is 1.10 bits per heavy atom. The number of ether oxygens (including phenoxy) is 1. The smallest absolute Gasteiger partial charge is 0.281 e. The molecule has 1 fully saturated rings. The Kier molecular flexibility index (Phi) is 6.20.